The third-order valence-electron chi connectivity index (χ3n) is 1.55. The second-order valence-corrected chi connectivity index (χ2v) is 3.88. The Morgan fingerprint density at radius 1 is 1.69 bits per heavy atom. The van der Waals surface area contributed by atoms with Gasteiger partial charge in [-0.05, 0) is 6.92 Å². The highest BCUT2D eigenvalue weighted by atomic mass is 32.1. The molecule has 1 unspecified atom stereocenters. The molecule has 0 aliphatic rings. The Morgan fingerprint density at radius 3 is 2.85 bits per heavy atom. The molecule has 1 aromatic heterocycles. The monoisotopic (exact) mass is 197 g/mol. The first kappa shape index (κ1) is 9.89. The normalized spacial score (nSPS) is 11.9. The summed E-state index contributed by atoms with van der Waals surface area (Å²) in [5.41, 5.74) is 0. The molecule has 0 bridgehead atoms. The van der Waals surface area contributed by atoms with Crippen LogP contribution in [0.4, 0.5) is 5.13 Å². The molecule has 13 heavy (non-hydrogen) atoms. The second-order valence-electron chi connectivity index (χ2n) is 2.84. The van der Waals surface area contributed by atoms with Crippen LogP contribution in [0.2, 0.25) is 0 Å². The maximum atomic E-state index is 10.0. The lowest BCUT2D eigenvalue weighted by Crippen LogP contribution is -2.07. The highest BCUT2D eigenvalue weighted by Gasteiger charge is 2.09. The van der Waals surface area contributed by atoms with E-state index in [-0.39, 0.29) is 6.04 Å². The van der Waals surface area contributed by atoms with Crippen molar-refractivity contribution in [2.75, 3.05) is 19.0 Å². The standard InChI is InChI=1S/C8H11N3OS/c1-6(10-5-12)7-4-9-8(13-7)11(2)3/h4,6H,1-3H3. The second kappa shape index (κ2) is 4.16. The lowest BCUT2D eigenvalue weighted by Gasteiger charge is -2.05. The summed E-state index contributed by atoms with van der Waals surface area (Å²) in [5, 5.41) is 0.919. The van der Waals surface area contributed by atoms with Gasteiger partial charge in [-0.3, -0.25) is 0 Å². The molecule has 0 aliphatic carbocycles. The maximum Gasteiger partial charge on any atom is 0.235 e. The summed E-state index contributed by atoms with van der Waals surface area (Å²) in [6.45, 7) is 1.85. The summed E-state index contributed by atoms with van der Waals surface area (Å²) in [6, 6.07) is -0.135. The summed E-state index contributed by atoms with van der Waals surface area (Å²) in [7, 11) is 3.85. The van der Waals surface area contributed by atoms with Gasteiger partial charge < -0.3 is 4.90 Å². The van der Waals surface area contributed by atoms with Gasteiger partial charge in [-0.1, -0.05) is 11.3 Å². The summed E-state index contributed by atoms with van der Waals surface area (Å²) in [6.07, 6.45) is 3.29. The van der Waals surface area contributed by atoms with Crippen LogP contribution in [0, 0.1) is 0 Å². The van der Waals surface area contributed by atoms with Crippen molar-refractivity contribution in [3.8, 4) is 0 Å². The fourth-order valence-corrected chi connectivity index (χ4v) is 1.65. The van der Waals surface area contributed by atoms with Gasteiger partial charge in [-0.2, -0.15) is 4.99 Å². The Kier molecular flexibility index (Phi) is 3.17. The molecule has 5 heteroatoms. The molecule has 0 saturated heterocycles. The SMILES string of the molecule is CC(N=C=O)c1cnc(N(C)C)s1. The van der Waals surface area contributed by atoms with Crippen LogP contribution >= 0.6 is 11.3 Å². The molecule has 1 atom stereocenters. The van der Waals surface area contributed by atoms with E-state index >= 15 is 0 Å². The first-order valence-electron chi connectivity index (χ1n) is 3.85. The molecule has 1 heterocycles. The highest BCUT2D eigenvalue weighted by Crippen LogP contribution is 2.27. The molecule has 70 valence electrons. The van der Waals surface area contributed by atoms with E-state index in [1.165, 1.54) is 11.3 Å². The van der Waals surface area contributed by atoms with Crippen molar-refractivity contribution in [2.45, 2.75) is 13.0 Å². The molecule has 1 rings (SSSR count). The summed E-state index contributed by atoms with van der Waals surface area (Å²) in [5.74, 6) is 0. The summed E-state index contributed by atoms with van der Waals surface area (Å²) in [4.78, 5) is 20.7. The summed E-state index contributed by atoms with van der Waals surface area (Å²) >= 11 is 1.53. The Balaban J connectivity index is 2.85. The van der Waals surface area contributed by atoms with Crippen molar-refractivity contribution in [3.63, 3.8) is 0 Å². The van der Waals surface area contributed by atoms with Crippen LogP contribution in [0.15, 0.2) is 11.2 Å². The van der Waals surface area contributed by atoms with Gasteiger partial charge >= 0.3 is 0 Å². The topological polar surface area (TPSA) is 45.6 Å². The van der Waals surface area contributed by atoms with Gasteiger partial charge in [-0.15, -0.1) is 0 Å². The number of rotatable bonds is 3. The maximum absolute atomic E-state index is 10.0. The quantitative estimate of drug-likeness (QED) is 0.546. The number of anilines is 1. The third kappa shape index (κ3) is 2.37. The van der Waals surface area contributed by atoms with Gasteiger partial charge in [-0.25, -0.2) is 9.78 Å². The van der Waals surface area contributed by atoms with Crippen LogP contribution in [-0.4, -0.2) is 25.2 Å². The number of hydrogen-bond donors (Lipinski definition) is 0. The zero-order chi connectivity index (χ0) is 9.84. The number of carbonyl (C=O) groups excluding carboxylic acids is 1. The van der Waals surface area contributed by atoms with Gasteiger partial charge in [0.1, 0.15) is 0 Å². The number of nitrogens with zero attached hydrogens (tertiary/aromatic N) is 3. The molecule has 0 aromatic carbocycles. The molecule has 0 saturated carbocycles. The fraction of sp³-hybridized carbons (Fsp3) is 0.500. The van der Waals surface area contributed by atoms with E-state index in [0.717, 1.165) is 10.0 Å². The Labute approximate surface area is 80.9 Å². The molecule has 0 spiro atoms. The highest BCUT2D eigenvalue weighted by molar-refractivity contribution is 7.15. The van der Waals surface area contributed by atoms with E-state index in [9.17, 15) is 4.79 Å². The Bertz CT molecular complexity index is 328. The Hall–Kier alpha value is -1.19. The van der Waals surface area contributed by atoms with Crippen molar-refractivity contribution in [2.24, 2.45) is 4.99 Å². The number of thiazole rings is 1. The number of hydrogen-bond acceptors (Lipinski definition) is 5. The van der Waals surface area contributed by atoms with Crippen LogP contribution in [0.25, 0.3) is 0 Å². The van der Waals surface area contributed by atoms with Crippen LogP contribution in [0.1, 0.15) is 17.8 Å². The van der Waals surface area contributed by atoms with E-state index in [0.29, 0.717) is 0 Å². The van der Waals surface area contributed by atoms with Gasteiger partial charge in [0.25, 0.3) is 0 Å². The van der Waals surface area contributed by atoms with E-state index in [1.807, 2.05) is 25.9 Å². The molecule has 4 nitrogen and oxygen atoms in total. The smallest absolute Gasteiger partial charge is 0.235 e. The van der Waals surface area contributed by atoms with Crippen LogP contribution in [0.3, 0.4) is 0 Å². The van der Waals surface area contributed by atoms with Crippen molar-refractivity contribution in [1.29, 1.82) is 0 Å². The van der Waals surface area contributed by atoms with Crippen LogP contribution in [-0.2, 0) is 4.79 Å². The molecule has 0 N–H and O–H groups in total. The van der Waals surface area contributed by atoms with Gasteiger partial charge in [0, 0.05) is 20.3 Å². The minimum atomic E-state index is -0.135. The zero-order valence-corrected chi connectivity index (χ0v) is 8.63. The molecule has 0 aliphatic heterocycles. The van der Waals surface area contributed by atoms with Gasteiger partial charge in [0.05, 0.1) is 10.9 Å². The fourth-order valence-electron chi connectivity index (χ4n) is 0.820. The first-order valence-corrected chi connectivity index (χ1v) is 4.67. The number of isocyanates is 1. The molecule has 1 aromatic rings. The zero-order valence-electron chi connectivity index (χ0n) is 7.81. The predicted octanol–water partition coefficient (Wildman–Crippen LogP) is 1.61. The first-order chi connectivity index (χ1) is 6.15. The van der Waals surface area contributed by atoms with Crippen molar-refractivity contribution < 1.29 is 4.79 Å². The van der Waals surface area contributed by atoms with Gasteiger partial charge in [0.2, 0.25) is 6.08 Å². The molecule has 0 radical (unpaired) electrons. The number of aromatic nitrogens is 1. The van der Waals surface area contributed by atoms with Crippen LogP contribution in [0.5, 0.6) is 0 Å². The molecular weight excluding hydrogens is 186 g/mol. The van der Waals surface area contributed by atoms with Crippen molar-refractivity contribution >= 4 is 22.5 Å². The lowest BCUT2D eigenvalue weighted by atomic mass is 10.3. The largest absolute Gasteiger partial charge is 0.354 e. The summed E-state index contributed by atoms with van der Waals surface area (Å²) < 4.78 is 0. The molecular formula is C8H11N3OS. The number of aliphatic imine (C=N–C) groups is 1. The van der Waals surface area contributed by atoms with E-state index < -0.39 is 0 Å². The van der Waals surface area contributed by atoms with E-state index in [4.69, 9.17) is 0 Å². The van der Waals surface area contributed by atoms with E-state index in [2.05, 4.69) is 9.98 Å². The third-order valence-corrected chi connectivity index (χ3v) is 2.89. The Morgan fingerprint density at radius 2 is 2.38 bits per heavy atom. The molecule has 0 fully saturated rings. The minimum absolute atomic E-state index is 0.135. The minimum Gasteiger partial charge on any atom is -0.354 e. The van der Waals surface area contributed by atoms with Crippen molar-refractivity contribution in [3.05, 3.63) is 11.1 Å². The lowest BCUT2D eigenvalue weighted by molar-refractivity contribution is 0.560. The molecule has 0 amide bonds. The average Bonchev–Trinajstić information content (AvgIpc) is 2.52. The van der Waals surface area contributed by atoms with Crippen LogP contribution < -0.4 is 4.90 Å². The van der Waals surface area contributed by atoms with Gasteiger partial charge in [0.15, 0.2) is 5.13 Å². The predicted molar refractivity (Wildman–Crippen MR) is 53.0 cm³/mol. The van der Waals surface area contributed by atoms with E-state index in [1.54, 1.807) is 12.3 Å². The van der Waals surface area contributed by atoms with Crippen molar-refractivity contribution in [1.82, 2.24) is 4.98 Å². The average molecular weight is 197 g/mol.